The van der Waals surface area contributed by atoms with E-state index in [9.17, 15) is 0 Å². The number of nitrogens with one attached hydrogen (secondary N) is 1. The molecule has 0 amide bonds. The second-order valence-corrected chi connectivity index (χ2v) is 8.94. The molecule has 8 rings (SSSR count). The van der Waals surface area contributed by atoms with Crippen molar-refractivity contribution in [2.24, 2.45) is 0 Å². The molecule has 4 heteroatoms. The molecule has 0 saturated heterocycles. The van der Waals surface area contributed by atoms with E-state index in [1.54, 1.807) is 0 Å². The SMILES string of the molecule is c1ccc(-n2c3cc(-c4nc5ccccc5[nH]4)ccc3c3c4oc5ccccc5c4ccc32)cc1. The van der Waals surface area contributed by atoms with Gasteiger partial charge in [-0.1, -0.05) is 60.7 Å². The first-order valence-corrected chi connectivity index (χ1v) is 11.7. The van der Waals surface area contributed by atoms with Gasteiger partial charge in [0.05, 0.1) is 27.5 Å². The molecule has 3 aromatic heterocycles. The number of furan rings is 1. The van der Waals surface area contributed by atoms with Crippen molar-refractivity contribution in [3.63, 3.8) is 0 Å². The van der Waals surface area contributed by atoms with Crippen LogP contribution in [0.15, 0.2) is 114 Å². The van der Waals surface area contributed by atoms with Crippen molar-refractivity contribution in [3.05, 3.63) is 109 Å². The molecule has 0 atom stereocenters. The zero-order valence-electron chi connectivity index (χ0n) is 18.7. The lowest BCUT2D eigenvalue weighted by Crippen LogP contribution is -1.93. The van der Waals surface area contributed by atoms with Crippen LogP contribution in [0.2, 0.25) is 0 Å². The molecule has 0 unspecified atom stereocenters. The number of hydrogen-bond acceptors (Lipinski definition) is 2. The van der Waals surface area contributed by atoms with Gasteiger partial charge in [0.2, 0.25) is 0 Å². The molecule has 0 radical (unpaired) electrons. The molecule has 0 bridgehead atoms. The molecule has 0 fully saturated rings. The summed E-state index contributed by atoms with van der Waals surface area (Å²) in [5, 5.41) is 4.58. The van der Waals surface area contributed by atoms with E-state index in [0.717, 1.165) is 71.9 Å². The monoisotopic (exact) mass is 449 g/mol. The molecule has 0 saturated carbocycles. The number of imidazole rings is 1. The van der Waals surface area contributed by atoms with Crippen molar-refractivity contribution in [3.8, 4) is 17.1 Å². The summed E-state index contributed by atoms with van der Waals surface area (Å²) in [5.41, 5.74) is 8.26. The zero-order valence-corrected chi connectivity index (χ0v) is 18.7. The summed E-state index contributed by atoms with van der Waals surface area (Å²) in [4.78, 5) is 8.32. The molecule has 0 aliphatic heterocycles. The van der Waals surface area contributed by atoms with Crippen LogP contribution in [0.25, 0.3) is 71.9 Å². The van der Waals surface area contributed by atoms with Crippen LogP contribution in [0.5, 0.6) is 0 Å². The number of fused-ring (bicyclic) bond motifs is 8. The summed E-state index contributed by atoms with van der Waals surface area (Å²) in [7, 11) is 0. The Balaban J connectivity index is 1.50. The van der Waals surface area contributed by atoms with Crippen LogP contribution in [0.4, 0.5) is 0 Å². The lowest BCUT2D eigenvalue weighted by atomic mass is 10.1. The number of hydrogen-bond donors (Lipinski definition) is 1. The Bertz CT molecular complexity index is 2030. The van der Waals surface area contributed by atoms with Gasteiger partial charge in [0, 0.05) is 27.4 Å². The first kappa shape index (κ1) is 18.6. The fourth-order valence-corrected chi connectivity index (χ4v) is 5.37. The molecule has 5 aromatic carbocycles. The van der Waals surface area contributed by atoms with Crippen LogP contribution in [0.1, 0.15) is 0 Å². The van der Waals surface area contributed by atoms with Crippen molar-refractivity contribution < 1.29 is 4.42 Å². The zero-order chi connectivity index (χ0) is 22.9. The van der Waals surface area contributed by atoms with Gasteiger partial charge in [-0.3, -0.25) is 0 Å². The molecule has 0 spiro atoms. The maximum absolute atomic E-state index is 6.45. The maximum atomic E-state index is 6.45. The molecule has 1 N–H and O–H groups in total. The first-order chi connectivity index (χ1) is 17.3. The lowest BCUT2D eigenvalue weighted by Gasteiger charge is -2.08. The highest BCUT2D eigenvalue weighted by Gasteiger charge is 2.19. The molecule has 3 heterocycles. The third-order valence-electron chi connectivity index (χ3n) is 6.95. The highest BCUT2D eigenvalue weighted by atomic mass is 16.3. The Morgan fingerprint density at radius 1 is 0.657 bits per heavy atom. The number of nitrogens with zero attached hydrogens (tertiary/aromatic N) is 2. The van der Waals surface area contributed by atoms with Crippen LogP contribution >= 0.6 is 0 Å². The standard InChI is InChI=1S/C31H19N3O/c1-2-8-20(9-3-1)34-26-17-16-22-21-10-4-7-13-28(21)35-30(22)29(26)23-15-14-19(18-27(23)34)31-32-24-11-5-6-12-25(24)33-31/h1-18H,(H,32,33). The van der Waals surface area contributed by atoms with E-state index in [0.29, 0.717) is 0 Å². The molecule has 164 valence electrons. The highest BCUT2D eigenvalue weighted by molar-refractivity contribution is 6.24. The van der Waals surface area contributed by atoms with Crippen LogP contribution in [0, 0.1) is 0 Å². The molecule has 8 aromatic rings. The number of rotatable bonds is 2. The van der Waals surface area contributed by atoms with E-state index in [2.05, 4.69) is 88.4 Å². The Morgan fingerprint density at radius 2 is 1.46 bits per heavy atom. The van der Waals surface area contributed by atoms with Crippen LogP contribution in [0.3, 0.4) is 0 Å². The van der Waals surface area contributed by atoms with E-state index >= 15 is 0 Å². The van der Waals surface area contributed by atoms with Crippen molar-refractivity contribution in [1.29, 1.82) is 0 Å². The molecule has 0 aliphatic carbocycles. The number of benzene rings is 5. The van der Waals surface area contributed by atoms with Gasteiger partial charge in [0.25, 0.3) is 0 Å². The van der Waals surface area contributed by atoms with Crippen molar-refractivity contribution in [2.75, 3.05) is 0 Å². The van der Waals surface area contributed by atoms with Crippen LogP contribution in [-0.4, -0.2) is 14.5 Å². The molecular formula is C31H19N3O. The summed E-state index contributed by atoms with van der Waals surface area (Å²) in [5.74, 6) is 0.867. The minimum absolute atomic E-state index is 0.867. The van der Waals surface area contributed by atoms with Crippen molar-refractivity contribution in [1.82, 2.24) is 14.5 Å². The van der Waals surface area contributed by atoms with E-state index in [1.165, 1.54) is 0 Å². The van der Waals surface area contributed by atoms with E-state index < -0.39 is 0 Å². The minimum Gasteiger partial charge on any atom is -0.455 e. The maximum Gasteiger partial charge on any atom is 0.145 e. The highest BCUT2D eigenvalue weighted by Crippen LogP contribution is 2.41. The molecule has 0 aliphatic rings. The molecule has 35 heavy (non-hydrogen) atoms. The molecular weight excluding hydrogens is 430 g/mol. The van der Waals surface area contributed by atoms with Gasteiger partial charge in [-0.05, 0) is 48.5 Å². The number of aromatic amines is 1. The smallest absolute Gasteiger partial charge is 0.145 e. The number of aromatic nitrogens is 3. The van der Waals surface area contributed by atoms with Crippen molar-refractivity contribution in [2.45, 2.75) is 0 Å². The van der Waals surface area contributed by atoms with Crippen LogP contribution < -0.4 is 0 Å². The summed E-state index contributed by atoms with van der Waals surface area (Å²) >= 11 is 0. The average Bonchev–Trinajstić information content (AvgIpc) is 3.60. The second-order valence-electron chi connectivity index (χ2n) is 8.94. The normalized spacial score (nSPS) is 12.0. The van der Waals surface area contributed by atoms with Gasteiger partial charge >= 0.3 is 0 Å². The topological polar surface area (TPSA) is 46.8 Å². The van der Waals surface area contributed by atoms with Crippen molar-refractivity contribution >= 4 is 54.8 Å². The summed E-state index contributed by atoms with van der Waals surface area (Å²) < 4.78 is 8.77. The van der Waals surface area contributed by atoms with Crippen LogP contribution in [-0.2, 0) is 0 Å². The van der Waals surface area contributed by atoms with E-state index in [4.69, 9.17) is 9.40 Å². The van der Waals surface area contributed by atoms with Gasteiger partial charge in [-0.25, -0.2) is 4.98 Å². The van der Waals surface area contributed by atoms with Gasteiger partial charge < -0.3 is 14.0 Å². The minimum atomic E-state index is 0.867. The Kier molecular flexibility index (Phi) is 3.63. The van der Waals surface area contributed by atoms with Gasteiger partial charge in [-0.15, -0.1) is 0 Å². The Morgan fingerprint density at radius 3 is 2.37 bits per heavy atom. The Labute approximate surface area is 200 Å². The van der Waals surface area contributed by atoms with E-state index in [-0.39, 0.29) is 0 Å². The van der Waals surface area contributed by atoms with Gasteiger partial charge in [-0.2, -0.15) is 0 Å². The van der Waals surface area contributed by atoms with Gasteiger partial charge in [0.1, 0.15) is 17.0 Å². The van der Waals surface area contributed by atoms with Gasteiger partial charge in [0.15, 0.2) is 0 Å². The summed E-state index contributed by atoms with van der Waals surface area (Å²) in [6.07, 6.45) is 0. The summed E-state index contributed by atoms with van der Waals surface area (Å²) in [6, 6.07) is 37.9. The first-order valence-electron chi connectivity index (χ1n) is 11.7. The third-order valence-corrected chi connectivity index (χ3v) is 6.95. The fraction of sp³-hybridized carbons (Fsp3) is 0. The largest absolute Gasteiger partial charge is 0.455 e. The van der Waals surface area contributed by atoms with E-state index in [1.807, 2.05) is 30.3 Å². The average molecular weight is 450 g/mol. The third kappa shape index (κ3) is 2.59. The predicted molar refractivity (Wildman–Crippen MR) is 143 cm³/mol. The quantitative estimate of drug-likeness (QED) is 0.289. The number of para-hydroxylation sites is 4. The number of H-pyrrole nitrogens is 1. The second kappa shape index (κ2) is 6.84. The Hall–Kier alpha value is -4.83. The summed E-state index contributed by atoms with van der Waals surface area (Å²) in [6.45, 7) is 0. The lowest BCUT2D eigenvalue weighted by molar-refractivity contribution is 0.673. The molecule has 4 nitrogen and oxygen atoms in total. The predicted octanol–water partition coefficient (Wildman–Crippen LogP) is 8.23. The fourth-order valence-electron chi connectivity index (χ4n) is 5.37.